The van der Waals surface area contributed by atoms with Crippen molar-refractivity contribution in [1.82, 2.24) is 0 Å². The second-order valence-electron chi connectivity index (χ2n) is 5.30. The van der Waals surface area contributed by atoms with Crippen LogP contribution in [0.15, 0.2) is 28.7 Å². The highest BCUT2D eigenvalue weighted by molar-refractivity contribution is 9.10. The van der Waals surface area contributed by atoms with Gasteiger partial charge in [-0.3, -0.25) is 4.79 Å². The monoisotopic (exact) mass is 377 g/mol. The summed E-state index contributed by atoms with van der Waals surface area (Å²) in [5, 5.41) is 2.90. The Kier molecular flexibility index (Phi) is 5.31. The van der Waals surface area contributed by atoms with E-state index in [1.807, 2.05) is 26.8 Å². The van der Waals surface area contributed by atoms with Crippen molar-refractivity contribution in [2.24, 2.45) is 0 Å². The zero-order valence-electron chi connectivity index (χ0n) is 13.9. The van der Waals surface area contributed by atoms with Crippen molar-refractivity contribution >= 4 is 27.5 Å². The number of hydrogen-bond donors (Lipinski definition) is 1. The maximum absolute atomic E-state index is 12.7. The van der Waals surface area contributed by atoms with E-state index in [9.17, 15) is 4.79 Å². The van der Waals surface area contributed by atoms with E-state index in [1.54, 1.807) is 32.4 Å². The molecule has 2 aromatic rings. The maximum atomic E-state index is 12.7. The van der Waals surface area contributed by atoms with E-state index in [0.29, 0.717) is 22.7 Å². The molecule has 0 atom stereocenters. The van der Waals surface area contributed by atoms with Gasteiger partial charge in [-0.2, -0.15) is 0 Å². The molecule has 0 aliphatic carbocycles. The van der Waals surface area contributed by atoms with Gasteiger partial charge in [0, 0.05) is 16.1 Å². The van der Waals surface area contributed by atoms with E-state index in [4.69, 9.17) is 9.47 Å². The van der Waals surface area contributed by atoms with Gasteiger partial charge < -0.3 is 14.8 Å². The third kappa shape index (κ3) is 3.50. The topological polar surface area (TPSA) is 47.6 Å². The first-order valence-electron chi connectivity index (χ1n) is 7.18. The second-order valence-corrected chi connectivity index (χ2v) is 6.16. The van der Waals surface area contributed by atoms with Gasteiger partial charge in [-0.05, 0) is 55.7 Å². The minimum absolute atomic E-state index is 0.183. The molecule has 0 aromatic heterocycles. The molecule has 0 aliphatic rings. The summed E-state index contributed by atoms with van der Waals surface area (Å²) in [5.74, 6) is 1.05. The first-order valence-corrected chi connectivity index (χ1v) is 7.98. The highest BCUT2D eigenvalue weighted by Crippen LogP contribution is 2.31. The Balaban J connectivity index is 2.40. The number of benzene rings is 2. The molecule has 122 valence electrons. The molecule has 2 aromatic carbocycles. The Morgan fingerprint density at radius 2 is 1.70 bits per heavy atom. The average Bonchev–Trinajstić information content (AvgIpc) is 2.55. The fraction of sp³-hybridized carbons (Fsp3) is 0.278. The molecular formula is C18H20BrNO3. The van der Waals surface area contributed by atoms with Crippen LogP contribution < -0.4 is 14.8 Å². The standard InChI is InChI=1S/C18H20BrNO3/c1-10-11(2)14(9-15(19)12(10)3)18(21)20-16-8-13(22-4)6-7-17(16)23-5/h6-9H,1-5H3,(H,20,21). The lowest BCUT2D eigenvalue weighted by molar-refractivity contribution is 0.102. The van der Waals surface area contributed by atoms with Crippen molar-refractivity contribution in [2.45, 2.75) is 20.8 Å². The number of ether oxygens (including phenoxy) is 2. The molecule has 0 unspecified atom stereocenters. The first kappa shape index (κ1) is 17.3. The molecule has 0 spiro atoms. The largest absolute Gasteiger partial charge is 0.497 e. The average molecular weight is 378 g/mol. The van der Waals surface area contributed by atoms with Crippen LogP contribution in [0.25, 0.3) is 0 Å². The van der Waals surface area contributed by atoms with Crippen molar-refractivity contribution in [3.63, 3.8) is 0 Å². The smallest absolute Gasteiger partial charge is 0.256 e. The van der Waals surface area contributed by atoms with Crippen LogP contribution in [-0.2, 0) is 0 Å². The molecule has 0 radical (unpaired) electrons. The Morgan fingerprint density at radius 3 is 2.30 bits per heavy atom. The Hall–Kier alpha value is -2.01. The summed E-state index contributed by atoms with van der Waals surface area (Å²) >= 11 is 3.51. The molecule has 23 heavy (non-hydrogen) atoms. The third-order valence-electron chi connectivity index (χ3n) is 4.06. The van der Waals surface area contributed by atoms with Gasteiger partial charge in [0.1, 0.15) is 11.5 Å². The molecular weight excluding hydrogens is 358 g/mol. The van der Waals surface area contributed by atoms with Crippen molar-refractivity contribution in [3.05, 3.63) is 51.0 Å². The van der Waals surface area contributed by atoms with Gasteiger partial charge in [-0.25, -0.2) is 0 Å². The van der Waals surface area contributed by atoms with Crippen LogP contribution >= 0.6 is 15.9 Å². The van der Waals surface area contributed by atoms with E-state index < -0.39 is 0 Å². The zero-order valence-corrected chi connectivity index (χ0v) is 15.5. The highest BCUT2D eigenvalue weighted by Gasteiger charge is 2.16. The molecule has 0 saturated heterocycles. The quantitative estimate of drug-likeness (QED) is 0.843. The van der Waals surface area contributed by atoms with Crippen molar-refractivity contribution in [2.75, 3.05) is 19.5 Å². The first-order chi connectivity index (χ1) is 10.9. The minimum Gasteiger partial charge on any atom is -0.497 e. The zero-order chi connectivity index (χ0) is 17.1. The van der Waals surface area contributed by atoms with Crippen LogP contribution in [0.3, 0.4) is 0 Å². The SMILES string of the molecule is COc1ccc(OC)c(NC(=O)c2cc(Br)c(C)c(C)c2C)c1. The number of carbonyl (C=O) groups is 1. The molecule has 0 heterocycles. The van der Waals surface area contributed by atoms with Crippen LogP contribution in [0.2, 0.25) is 0 Å². The molecule has 0 saturated carbocycles. The van der Waals surface area contributed by atoms with E-state index in [-0.39, 0.29) is 5.91 Å². The molecule has 0 fully saturated rings. The van der Waals surface area contributed by atoms with Crippen LogP contribution in [0, 0.1) is 20.8 Å². The Morgan fingerprint density at radius 1 is 1.00 bits per heavy atom. The van der Waals surface area contributed by atoms with Crippen LogP contribution in [0.1, 0.15) is 27.0 Å². The summed E-state index contributed by atoms with van der Waals surface area (Å²) in [6.45, 7) is 5.99. The Labute approximate surface area is 144 Å². The predicted octanol–water partition coefficient (Wildman–Crippen LogP) is 4.64. The molecule has 2 rings (SSSR count). The van der Waals surface area contributed by atoms with E-state index >= 15 is 0 Å². The summed E-state index contributed by atoms with van der Waals surface area (Å²) in [6.07, 6.45) is 0. The van der Waals surface area contributed by atoms with E-state index in [2.05, 4.69) is 21.2 Å². The van der Waals surface area contributed by atoms with E-state index in [0.717, 1.165) is 21.2 Å². The summed E-state index contributed by atoms with van der Waals surface area (Å²) < 4.78 is 11.4. The molecule has 1 N–H and O–H groups in total. The fourth-order valence-corrected chi connectivity index (χ4v) is 2.87. The lowest BCUT2D eigenvalue weighted by Crippen LogP contribution is -2.15. The minimum atomic E-state index is -0.183. The number of methoxy groups -OCH3 is 2. The van der Waals surface area contributed by atoms with Crippen molar-refractivity contribution in [1.29, 1.82) is 0 Å². The van der Waals surface area contributed by atoms with Gasteiger partial charge in [-0.1, -0.05) is 15.9 Å². The van der Waals surface area contributed by atoms with Crippen molar-refractivity contribution in [3.8, 4) is 11.5 Å². The van der Waals surface area contributed by atoms with Crippen LogP contribution in [-0.4, -0.2) is 20.1 Å². The van der Waals surface area contributed by atoms with Gasteiger partial charge in [0.25, 0.3) is 5.91 Å². The Bertz CT molecular complexity index is 756. The normalized spacial score (nSPS) is 10.3. The number of anilines is 1. The van der Waals surface area contributed by atoms with Gasteiger partial charge >= 0.3 is 0 Å². The number of rotatable bonds is 4. The van der Waals surface area contributed by atoms with Gasteiger partial charge in [0.05, 0.1) is 19.9 Å². The molecule has 1 amide bonds. The van der Waals surface area contributed by atoms with Crippen LogP contribution in [0.4, 0.5) is 5.69 Å². The summed E-state index contributed by atoms with van der Waals surface area (Å²) in [5.41, 5.74) is 4.40. The van der Waals surface area contributed by atoms with E-state index in [1.165, 1.54) is 0 Å². The molecule has 0 aliphatic heterocycles. The number of nitrogens with one attached hydrogen (secondary N) is 1. The van der Waals surface area contributed by atoms with Gasteiger partial charge in [0.15, 0.2) is 0 Å². The van der Waals surface area contributed by atoms with Gasteiger partial charge in [0.2, 0.25) is 0 Å². The maximum Gasteiger partial charge on any atom is 0.256 e. The number of carbonyl (C=O) groups excluding carboxylic acids is 1. The number of hydrogen-bond acceptors (Lipinski definition) is 3. The molecule has 5 heteroatoms. The lowest BCUT2D eigenvalue weighted by Gasteiger charge is -2.15. The highest BCUT2D eigenvalue weighted by atomic mass is 79.9. The predicted molar refractivity (Wildman–Crippen MR) is 95.9 cm³/mol. The number of amides is 1. The van der Waals surface area contributed by atoms with Crippen LogP contribution in [0.5, 0.6) is 11.5 Å². The third-order valence-corrected chi connectivity index (χ3v) is 4.88. The summed E-state index contributed by atoms with van der Waals surface area (Å²) in [6, 6.07) is 7.13. The summed E-state index contributed by atoms with van der Waals surface area (Å²) in [4.78, 5) is 12.7. The van der Waals surface area contributed by atoms with Gasteiger partial charge in [-0.15, -0.1) is 0 Å². The fourth-order valence-electron chi connectivity index (χ4n) is 2.34. The lowest BCUT2D eigenvalue weighted by atomic mass is 9.98. The molecule has 4 nitrogen and oxygen atoms in total. The summed E-state index contributed by atoms with van der Waals surface area (Å²) in [7, 11) is 3.15. The second kappa shape index (κ2) is 7.04. The van der Waals surface area contributed by atoms with Crippen molar-refractivity contribution < 1.29 is 14.3 Å². The molecule has 0 bridgehead atoms. The number of halogens is 1.